The van der Waals surface area contributed by atoms with Gasteiger partial charge in [0.2, 0.25) is 0 Å². The lowest BCUT2D eigenvalue weighted by Gasteiger charge is -2.25. The van der Waals surface area contributed by atoms with E-state index in [0.29, 0.717) is 30.2 Å². The molecular formula is C21H21ClN2O3. The molecule has 2 aliphatic heterocycles. The molecule has 27 heavy (non-hydrogen) atoms. The van der Waals surface area contributed by atoms with E-state index in [1.165, 1.54) is 0 Å². The van der Waals surface area contributed by atoms with Crippen LogP contribution in [0.5, 0.6) is 0 Å². The summed E-state index contributed by atoms with van der Waals surface area (Å²) in [5.41, 5.74) is 1.68. The Hall–Kier alpha value is -2.37. The summed E-state index contributed by atoms with van der Waals surface area (Å²) in [4.78, 5) is 29.4. The van der Waals surface area contributed by atoms with Gasteiger partial charge in [-0.1, -0.05) is 41.9 Å². The fourth-order valence-corrected chi connectivity index (χ4v) is 4.27. The Kier molecular flexibility index (Phi) is 4.89. The molecule has 0 aromatic heterocycles. The molecule has 2 aromatic carbocycles. The second-order valence-electron chi connectivity index (χ2n) is 7.06. The SMILES string of the molecule is CO[C@@H]1C(=O)N(Cc2ccccc2)[C@@H]2CN(C(=O)c3ccc(Cl)cc3)C[C@H]12. The number of ether oxygens (including phenoxy) is 1. The minimum atomic E-state index is -0.498. The molecule has 0 N–H and O–H groups in total. The zero-order chi connectivity index (χ0) is 19.0. The lowest BCUT2D eigenvalue weighted by atomic mass is 10.0. The van der Waals surface area contributed by atoms with Crippen LogP contribution < -0.4 is 0 Å². The molecule has 5 nitrogen and oxygen atoms in total. The van der Waals surface area contributed by atoms with Crippen LogP contribution in [0.1, 0.15) is 15.9 Å². The maximum absolute atomic E-state index is 12.9. The summed E-state index contributed by atoms with van der Waals surface area (Å²) in [5.74, 6) is -0.0413. The molecule has 3 atom stereocenters. The first kappa shape index (κ1) is 18.0. The summed E-state index contributed by atoms with van der Waals surface area (Å²) in [6.07, 6.45) is -0.498. The lowest BCUT2D eigenvalue weighted by molar-refractivity contribution is -0.138. The van der Waals surface area contributed by atoms with E-state index < -0.39 is 6.10 Å². The summed E-state index contributed by atoms with van der Waals surface area (Å²) in [6, 6.07) is 16.8. The number of halogens is 1. The van der Waals surface area contributed by atoms with Gasteiger partial charge >= 0.3 is 0 Å². The van der Waals surface area contributed by atoms with E-state index in [4.69, 9.17) is 16.3 Å². The minimum Gasteiger partial charge on any atom is -0.371 e. The molecule has 0 bridgehead atoms. The van der Waals surface area contributed by atoms with Gasteiger partial charge in [-0.3, -0.25) is 9.59 Å². The van der Waals surface area contributed by atoms with Crippen LogP contribution >= 0.6 is 11.6 Å². The molecule has 0 radical (unpaired) electrons. The van der Waals surface area contributed by atoms with Crippen molar-refractivity contribution in [2.24, 2.45) is 5.92 Å². The van der Waals surface area contributed by atoms with Gasteiger partial charge in [-0.2, -0.15) is 0 Å². The maximum atomic E-state index is 12.9. The van der Waals surface area contributed by atoms with Crippen LogP contribution in [0, 0.1) is 5.92 Å². The van der Waals surface area contributed by atoms with Gasteiger partial charge in [0.25, 0.3) is 11.8 Å². The van der Waals surface area contributed by atoms with Crippen molar-refractivity contribution in [3.05, 3.63) is 70.7 Å². The third-order valence-electron chi connectivity index (χ3n) is 5.48. The average Bonchev–Trinajstić information content (AvgIpc) is 3.21. The van der Waals surface area contributed by atoms with Crippen molar-refractivity contribution in [2.75, 3.05) is 20.2 Å². The number of nitrogens with zero attached hydrogens (tertiary/aromatic N) is 2. The van der Waals surface area contributed by atoms with Crippen molar-refractivity contribution in [3.63, 3.8) is 0 Å². The quantitative estimate of drug-likeness (QED) is 0.814. The maximum Gasteiger partial charge on any atom is 0.253 e. The van der Waals surface area contributed by atoms with Crippen molar-refractivity contribution in [1.82, 2.24) is 9.80 Å². The smallest absolute Gasteiger partial charge is 0.253 e. The van der Waals surface area contributed by atoms with E-state index in [-0.39, 0.29) is 23.8 Å². The van der Waals surface area contributed by atoms with Gasteiger partial charge in [0.05, 0.1) is 6.04 Å². The average molecular weight is 385 g/mol. The third-order valence-corrected chi connectivity index (χ3v) is 5.73. The zero-order valence-corrected chi connectivity index (χ0v) is 15.8. The normalized spacial score (nSPS) is 24.4. The highest BCUT2D eigenvalue weighted by molar-refractivity contribution is 6.30. The number of fused-ring (bicyclic) bond motifs is 1. The third kappa shape index (κ3) is 3.33. The van der Waals surface area contributed by atoms with Crippen molar-refractivity contribution in [1.29, 1.82) is 0 Å². The van der Waals surface area contributed by atoms with Gasteiger partial charge in [0, 0.05) is 43.2 Å². The molecule has 0 saturated carbocycles. The molecule has 0 unspecified atom stereocenters. The van der Waals surface area contributed by atoms with Crippen molar-refractivity contribution >= 4 is 23.4 Å². The largest absolute Gasteiger partial charge is 0.371 e. The van der Waals surface area contributed by atoms with Gasteiger partial charge in [-0.25, -0.2) is 0 Å². The fraction of sp³-hybridized carbons (Fsp3) is 0.333. The molecule has 2 amide bonds. The number of hydrogen-bond donors (Lipinski definition) is 0. The number of rotatable bonds is 4. The minimum absolute atomic E-state index is 0.00921. The summed E-state index contributed by atoms with van der Waals surface area (Å²) < 4.78 is 5.51. The highest BCUT2D eigenvalue weighted by Gasteiger charge is 2.53. The van der Waals surface area contributed by atoms with Gasteiger partial charge in [-0.05, 0) is 29.8 Å². The predicted octanol–water partition coefficient (Wildman–Crippen LogP) is 2.84. The molecular weight excluding hydrogens is 364 g/mol. The molecule has 6 heteroatoms. The topological polar surface area (TPSA) is 49.9 Å². The molecule has 0 aliphatic carbocycles. The monoisotopic (exact) mass is 384 g/mol. The molecule has 2 aromatic rings. The lowest BCUT2D eigenvalue weighted by Crippen LogP contribution is -2.40. The van der Waals surface area contributed by atoms with Gasteiger partial charge in [-0.15, -0.1) is 0 Å². The van der Waals surface area contributed by atoms with E-state index in [0.717, 1.165) is 5.56 Å². The fourth-order valence-electron chi connectivity index (χ4n) is 4.14. The number of methoxy groups -OCH3 is 1. The van der Waals surface area contributed by atoms with Crippen LogP contribution in [0.2, 0.25) is 5.02 Å². The molecule has 4 rings (SSSR count). The van der Waals surface area contributed by atoms with Crippen molar-refractivity contribution < 1.29 is 14.3 Å². The number of hydrogen-bond acceptors (Lipinski definition) is 3. The highest BCUT2D eigenvalue weighted by atomic mass is 35.5. The van der Waals surface area contributed by atoms with Gasteiger partial charge in [0.15, 0.2) is 0 Å². The van der Waals surface area contributed by atoms with Crippen LogP contribution in [-0.4, -0.2) is 54.0 Å². The Morgan fingerprint density at radius 1 is 1.11 bits per heavy atom. The summed E-state index contributed by atoms with van der Waals surface area (Å²) in [6.45, 7) is 1.57. The van der Waals surface area contributed by atoms with E-state index in [2.05, 4.69) is 0 Å². The van der Waals surface area contributed by atoms with Crippen LogP contribution in [-0.2, 0) is 16.1 Å². The molecule has 2 heterocycles. The summed E-state index contributed by atoms with van der Waals surface area (Å²) in [5, 5.41) is 0.601. The Morgan fingerprint density at radius 3 is 2.48 bits per heavy atom. The van der Waals surface area contributed by atoms with Crippen LogP contribution in [0.3, 0.4) is 0 Å². The van der Waals surface area contributed by atoms with Crippen LogP contribution in [0.4, 0.5) is 0 Å². The first-order valence-electron chi connectivity index (χ1n) is 9.00. The number of likely N-dealkylation sites (tertiary alicyclic amines) is 2. The van der Waals surface area contributed by atoms with Crippen LogP contribution in [0.25, 0.3) is 0 Å². The van der Waals surface area contributed by atoms with Crippen molar-refractivity contribution in [2.45, 2.75) is 18.7 Å². The predicted molar refractivity (Wildman–Crippen MR) is 102 cm³/mol. The molecule has 2 fully saturated rings. The Labute approximate surface area is 163 Å². The Morgan fingerprint density at radius 2 is 1.81 bits per heavy atom. The number of benzene rings is 2. The summed E-state index contributed by atoms with van der Waals surface area (Å²) >= 11 is 5.92. The molecule has 2 saturated heterocycles. The zero-order valence-electron chi connectivity index (χ0n) is 15.0. The summed E-state index contributed by atoms with van der Waals surface area (Å²) in [7, 11) is 1.56. The number of carbonyl (C=O) groups excluding carboxylic acids is 2. The number of carbonyl (C=O) groups is 2. The molecule has 2 aliphatic rings. The highest BCUT2D eigenvalue weighted by Crippen LogP contribution is 2.36. The first-order valence-corrected chi connectivity index (χ1v) is 9.38. The van der Waals surface area contributed by atoms with E-state index in [1.807, 2.05) is 40.1 Å². The Bertz CT molecular complexity index is 840. The van der Waals surface area contributed by atoms with Crippen LogP contribution in [0.15, 0.2) is 54.6 Å². The van der Waals surface area contributed by atoms with E-state index >= 15 is 0 Å². The van der Waals surface area contributed by atoms with Gasteiger partial charge in [0.1, 0.15) is 6.10 Å². The molecule has 140 valence electrons. The first-order chi connectivity index (χ1) is 13.1. The number of amides is 2. The second-order valence-corrected chi connectivity index (χ2v) is 7.49. The van der Waals surface area contributed by atoms with E-state index in [9.17, 15) is 9.59 Å². The Balaban J connectivity index is 1.54. The molecule has 0 spiro atoms. The second kappa shape index (κ2) is 7.33. The van der Waals surface area contributed by atoms with Gasteiger partial charge < -0.3 is 14.5 Å². The van der Waals surface area contributed by atoms with Crippen molar-refractivity contribution in [3.8, 4) is 0 Å². The van der Waals surface area contributed by atoms with E-state index in [1.54, 1.807) is 31.4 Å². The standard InChI is InChI=1S/C21H21ClN2O3/c1-27-19-17-12-23(20(25)15-7-9-16(22)10-8-15)13-18(17)24(21(19)26)11-14-5-3-2-4-6-14/h2-10,17-19H,11-13H2,1H3/t17-,18+,19-/m0/s1.